The average Bonchev–Trinajstić information content (AvgIpc) is 3.08. The number of thiophene rings is 1. The normalized spacial score (nSPS) is 25.3. The van der Waals surface area contributed by atoms with E-state index in [0.29, 0.717) is 12.4 Å². The number of hydrogen-bond donors (Lipinski definition) is 0. The molecule has 0 bridgehead atoms. The van der Waals surface area contributed by atoms with Gasteiger partial charge in [-0.05, 0) is 36.4 Å². The maximum atomic E-state index is 14.1. The van der Waals surface area contributed by atoms with Crippen LogP contribution in [0.4, 0.5) is 10.2 Å². The summed E-state index contributed by atoms with van der Waals surface area (Å²) in [6, 6.07) is 7.40. The molecular formula is C18H22FN3OS. The van der Waals surface area contributed by atoms with Crippen LogP contribution in [-0.4, -0.2) is 48.3 Å². The zero-order valence-electron chi connectivity index (χ0n) is 13.7. The lowest BCUT2D eigenvalue weighted by atomic mass is 9.90. The van der Waals surface area contributed by atoms with E-state index in [9.17, 15) is 4.39 Å². The lowest BCUT2D eigenvalue weighted by Crippen LogP contribution is -2.59. The van der Waals surface area contributed by atoms with Crippen molar-refractivity contribution in [2.24, 2.45) is 0 Å². The van der Waals surface area contributed by atoms with Gasteiger partial charge in [-0.2, -0.15) is 0 Å². The summed E-state index contributed by atoms with van der Waals surface area (Å²) in [5.41, 5.74) is -0.211. The van der Waals surface area contributed by atoms with Gasteiger partial charge in [0, 0.05) is 43.8 Å². The first-order chi connectivity index (χ1) is 11.7. The van der Waals surface area contributed by atoms with Crippen LogP contribution >= 0.6 is 11.3 Å². The van der Waals surface area contributed by atoms with E-state index < -0.39 is 0 Å². The Hall–Kier alpha value is -1.50. The number of piperidine rings is 1. The monoisotopic (exact) mass is 347 g/mol. The van der Waals surface area contributed by atoms with Crippen molar-refractivity contribution in [3.8, 4) is 0 Å². The minimum absolute atomic E-state index is 0.211. The number of pyridine rings is 1. The molecule has 2 aromatic rings. The molecule has 4 nitrogen and oxygen atoms in total. The lowest BCUT2D eigenvalue weighted by molar-refractivity contribution is -0.116. The summed E-state index contributed by atoms with van der Waals surface area (Å²) in [6.07, 6.45) is 3.69. The Kier molecular flexibility index (Phi) is 4.52. The minimum atomic E-state index is -0.249. The highest BCUT2D eigenvalue weighted by Crippen LogP contribution is 2.32. The number of nitrogens with zero attached hydrogens (tertiary/aromatic N) is 3. The second-order valence-corrected chi connectivity index (χ2v) is 7.69. The van der Waals surface area contributed by atoms with Crippen molar-refractivity contribution in [3.05, 3.63) is 46.5 Å². The van der Waals surface area contributed by atoms with E-state index in [0.717, 1.165) is 45.6 Å². The predicted octanol–water partition coefficient (Wildman–Crippen LogP) is 3.15. The second-order valence-electron chi connectivity index (χ2n) is 6.66. The Balaban J connectivity index is 1.48. The number of halogens is 1. The summed E-state index contributed by atoms with van der Waals surface area (Å²) in [6.45, 7) is 5.12. The third kappa shape index (κ3) is 3.31. The van der Waals surface area contributed by atoms with E-state index >= 15 is 0 Å². The highest BCUT2D eigenvalue weighted by Gasteiger charge is 2.41. The topological polar surface area (TPSA) is 28.6 Å². The Morgan fingerprint density at radius 2 is 2.21 bits per heavy atom. The number of aromatic nitrogens is 1. The molecule has 1 spiro atoms. The van der Waals surface area contributed by atoms with Gasteiger partial charge in [-0.15, -0.1) is 11.3 Å². The molecule has 0 saturated carbocycles. The molecule has 4 rings (SSSR count). The molecule has 2 aliphatic heterocycles. The molecule has 2 aromatic heterocycles. The molecule has 2 aliphatic rings. The molecule has 0 N–H and O–H groups in total. The summed E-state index contributed by atoms with van der Waals surface area (Å²) in [7, 11) is 0. The molecule has 4 heterocycles. The van der Waals surface area contributed by atoms with E-state index in [-0.39, 0.29) is 11.4 Å². The summed E-state index contributed by atoms with van der Waals surface area (Å²) in [5.74, 6) is 0.205. The SMILES string of the molecule is Fc1cccnc1N1CCCC2(CN(Cc3cccs3)CCO2)C1. The fourth-order valence-electron chi connectivity index (χ4n) is 3.82. The Bertz CT molecular complexity index is 677. The van der Waals surface area contributed by atoms with E-state index in [2.05, 4.69) is 27.4 Å². The van der Waals surface area contributed by atoms with Crippen LogP contribution < -0.4 is 4.90 Å². The number of rotatable bonds is 3. The van der Waals surface area contributed by atoms with Crippen LogP contribution in [0.3, 0.4) is 0 Å². The highest BCUT2D eigenvalue weighted by atomic mass is 32.1. The van der Waals surface area contributed by atoms with Crippen molar-refractivity contribution in [2.45, 2.75) is 25.0 Å². The minimum Gasteiger partial charge on any atom is -0.370 e. The summed E-state index contributed by atoms with van der Waals surface area (Å²) in [5, 5.41) is 2.12. The number of morpholine rings is 1. The number of anilines is 1. The molecule has 2 saturated heterocycles. The van der Waals surface area contributed by atoms with Gasteiger partial charge < -0.3 is 9.64 Å². The van der Waals surface area contributed by atoms with Gasteiger partial charge in [0.2, 0.25) is 0 Å². The standard InChI is InChI=1S/C18H22FN3OS/c19-16-5-1-7-20-17(16)22-8-3-6-18(14-22)13-21(9-10-23-18)12-15-4-2-11-24-15/h1-2,4-5,7,11H,3,6,8-10,12-14H2. The molecule has 24 heavy (non-hydrogen) atoms. The summed E-state index contributed by atoms with van der Waals surface area (Å²) < 4.78 is 20.3. The quantitative estimate of drug-likeness (QED) is 0.853. The van der Waals surface area contributed by atoms with Crippen molar-refractivity contribution < 1.29 is 9.13 Å². The maximum Gasteiger partial charge on any atom is 0.165 e. The zero-order valence-corrected chi connectivity index (χ0v) is 14.5. The average molecular weight is 347 g/mol. The Morgan fingerprint density at radius 3 is 3.04 bits per heavy atom. The van der Waals surface area contributed by atoms with Crippen LogP contribution in [0, 0.1) is 5.82 Å². The van der Waals surface area contributed by atoms with Crippen molar-refractivity contribution in [1.29, 1.82) is 0 Å². The van der Waals surface area contributed by atoms with E-state index in [1.54, 1.807) is 23.6 Å². The molecule has 1 atom stereocenters. The van der Waals surface area contributed by atoms with Gasteiger partial charge in [0.15, 0.2) is 11.6 Å². The van der Waals surface area contributed by atoms with Gasteiger partial charge in [-0.1, -0.05) is 6.07 Å². The third-order valence-electron chi connectivity index (χ3n) is 4.87. The van der Waals surface area contributed by atoms with E-state index in [4.69, 9.17) is 4.74 Å². The Labute approximate surface area is 145 Å². The molecule has 0 amide bonds. The van der Waals surface area contributed by atoms with Crippen LogP contribution in [0.5, 0.6) is 0 Å². The van der Waals surface area contributed by atoms with Gasteiger partial charge in [0.25, 0.3) is 0 Å². The molecule has 2 fully saturated rings. The Morgan fingerprint density at radius 1 is 1.25 bits per heavy atom. The first-order valence-electron chi connectivity index (χ1n) is 8.48. The number of hydrogen-bond acceptors (Lipinski definition) is 5. The molecule has 1 unspecified atom stereocenters. The number of ether oxygens (including phenoxy) is 1. The molecule has 128 valence electrons. The smallest absolute Gasteiger partial charge is 0.165 e. The van der Waals surface area contributed by atoms with Crippen molar-refractivity contribution in [3.63, 3.8) is 0 Å². The van der Waals surface area contributed by atoms with Crippen LogP contribution in [-0.2, 0) is 11.3 Å². The molecule has 0 aliphatic carbocycles. The first-order valence-corrected chi connectivity index (χ1v) is 9.36. The van der Waals surface area contributed by atoms with Gasteiger partial charge in [0.05, 0.1) is 12.2 Å². The lowest BCUT2D eigenvalue weighted by Gasteiger charge is -2.48. The van der Waals surface area contributed by atoms with E-state index in [1.165, 1.54) is 10.9 Å². The molecular weight excluding hydrogens is 325 g/mol. The van der Waals surface area contributed by atoms with Gasteiger partial charge in [0.1, 0.15) is 0 Å². The van der Waals surface area contributed by atoms with Gasteiger partial charge >= 0.3 is 0 Å². The van der Waals surface area contributed by atoms with Crippen LogP contribution in [0.1, 0.15) is 17.7 Å². The second kappa shape index (κ2) is 6.78. The van der Waals surface area contributed by atoms with Crippen molar-refractivity contribution >= 4 is 17.2 Å². The van der Waals surface area contributed by atoms with E-state index in [1.807, 2.05) is 4.90 Å². The zero-order chi connectivity index (χ0) is 16.4. The van der Waals surface area contributed by atoms with Gasteiger partial charge in [-0.3, -0.25) is 4.90 Å². The van der Waals surface area contributed by atoms with Crippen molar-refractivity contribution in [1.82, 2.24) is 9.88 Å². The predicted molar refractivity (Wildman–Crippen MR) is 93.9 cm³/mol. The summed E-state index contributed by atoms with van der Waals surface area (Å²) in [4.78, 5) is 10.1. The van der Waals surface area contributed by atoms with Crippen LogP contribution in [0.15, 0.2) is 35.8 Å². The van der Waals surface area contributed by atoms with Crippen molar-refractivity contribution in [2.75, 3.05) is 37.7 Å². The molecule has 6 heteroatoms. The highest BCUT2D eigenvalue weighted by molar-refractivity contribution is 7.09. The fraction of sp³-hybridized carbons (Fsp3) is 0.500. The largest absolute Gasteiger partial charge is 0.370 e. The first kappa shape index (κ1) is 16.0. The molecule has 0 radical (unpaired) electrons. The summed E-state index contributed by atoms with van der Waals surface area (Å²) >= 11 is 1.80. The third-order valence-corrected chi connectivity index (χ3v) is 5.73. The fourth-order valence-corrected chi connectivity index (χ4v) is 4.56. The van der Waals surface area contributed by atoms with Gasteiger partial charge in [-0.25, -0.2) is 9.37 Å². The van der Waals surface area contributed by atoms with Crippen LogP contribution in [0.2, 0.25) is 0 Å². The maximum absolute atomic E-state index is 14.1. The van der Waals surface area contributed by atoms with Crippen LogP contribution in [0.25, 0.3) is 0 Å². The molecule has 0 aromatic carbocycles.